The van der Waals surface area contributed by atoms with Gasteiger partial charge in [0.25, 0.3) is 0 Å². The third-order valence-corrected chi connectivity index (χ3v) is 6.62. The quantitative estimate of drug-likeness (QED) is 0.850. The van der Waals surface area contributed by atoms with E-state index >= 15 is 0 Å². The van der Waals surface area contributed by atoms with Crippen molar-refractivity contribution < 1.29 is 4.79 Å². The summed E-state index contributed by atoms with van der Waals surface area (Å²) in [7, 11) is 0. The Kier molecular flexibility index (Phi) is 3.10. The van der Waals surface area contributed by atoms with E-state index in [1.54, 1.807) is 0 Å². The number of hydrogen-bond acceptors (Lipinski definition) is 2. The number of rotatable bonds is 3. The van der Waals surface area contributed by atoms with Gasteiger partial charge >= 0.3 is 0 Å². The van der Waals surface area contributed by atoms with Crippen molar-refractivity contribution in [3.8, 4) is 0 Å². The number of nitrogens with zero attached hydrogens (tertiary/aromatic N) is 1. The van der Waals surface area contributed by atoms with Crippen molar-refractivity contribution >= 4 is 11.6 Å². The average Bonchev–Trinajstić information content (AvgIpc) is 3.35. The highest BCUT2D eigenvalue weighted by atomic mass is 16.2. The highest BCUT2D eigenvalue weighted by Crippen LogP contribution is 2.52. The van der Waals surface area contributed by atoms with Crippen molar-refractivity contribution in [1.82, 2.24) is 5.43 Å². The van der Waals surface area contributed by atoms with Crippen molar-refractivity contribution in [2.45, 2.75) is 44.4 Å². The Balaban J connectivity index is 1.24. The lowest BCUT2D eigenvalue weighted by molar-refractivity contribution is -0.122. The molecule has 5 aliphatic rings. The van der Waals surface area contributed by atoms with Gasteiger partial charge in [-0.15, -0.1) is 0 Å². The number of benzene rings is 1. The number of amides is 1. The molecule has 3 heteroatoms. The summed E-state index contributed by atoms with van der Waals surface area (Å²) >= 11 is 0. The van der Waals surface area contributed by atoms with Gasteiger partial charge in [-0.3, -0.25) is 4.79 Å². The lowest BCUT2D eigenvalue weighted by Crippen LogP contribution is -2.46. The molecule has 0 saturated heterocycles. The molecule has 4 bridgehead atoms. The Morgan fingerprint density at radius 2 is 1.57 bits per heavy atom. The lowest BCUT2D eigenvalue weighted by Gasteiger charge is -2.50. The summed E-state index contributed by atoms with van der Waals surface area (Å²) in [5.74, 6) is 3.86. The molecule has 120 valence electrons. The number of nitrogens with one attached hydrogen (secondary N) is 1. The first-order chi connectivity index (χ1) is 11.3. The van der Waals surface area contributed by atoms with Crippen LogP contribution in [-0.2, 0) is 4.79 Å². The van der Waals surface area contributed by atoms with Crippen molar-refractivity contribution in [1.29, 1.82) is 0 Å². The van der Waals surface area contributed by atoms with E-state index in [0.717, 1.165) is 18.3 Å². The van der Waals surface area contributed by atoms with Crippen molar-refractivity contribution in [2.75, 3.05) is 0 Å². The molecule has 0 spiro atoms. The average molecular weight is 308 g/mol. The van der Waals surface area contributed by atoms with Gasteiger partial charge in [-0.25, -0.2) is 5.43 Å². The minimum atomic E-state index is 0.124. The summed E-state index contributed by atoms with van der Waals surface area (Å²) in [5.41, 5.74) is 5.53. The van der Waals surface area contributed by atoms with Crippen LogP contribution in [0.4, 0.5) is 0 Å². The zero-order valence-corrected chi connectivity index (χ0v) is 13.4. The van der Waals surface area contributed by atoms with Crippen LogP contribution in [0.2, 0.25) is 0 Å². The third-order valence-electron chi connectivity index (χ3n) is 6.62. The molecule has 5 saturated carbocycles. The minimum Gasteiger partial charge on any atom is -0.273 e. The number of hydrazone groups is 1. The van der Waals surface area contributed by atoms with Gasteiger partial charge in [0.15, 0.2) is 0 Å². The first kappa shape index (κ1) is 13.8. The van der Waals surface area contributed by atoms with E-state index in [-0.39, 0.29) is 11.8 Å². The summed E-state index contributed by atoms with van der Waals surface area (Å²) in [6.07, 6.45) is 7.69. The molecule has 1 aromatic rings. The molecule has 23 heavy (non-hydrogen) atoms. The van der Waals surface area contributed by atoms with Gasteiger partial charge in [-0.1, -0.05) is 30.3 Å². The minimum absolute atomic E-state index is 0.124. The van der Waals surface area contributed by atoms with Crippen LogP contribution in [0.1, 0.15) is 50.0 Å². The first-order valence-electron chi connectivity index (χ1n) is 9.20. The smallest absolute Gasteiger partial charge is 0.243 e. The predicted octanol–water partition coefficient (Wildman–Crippen LogP) is 3.72. The second-order valence-electron chi connectivity index (χ2n) is 8.18. The van der Waals surface area contributed by atoms with Gasteiger partial charge in [-0.2, -0.15) is 5.10 Å². The fraction of sp³-hybridized carbons (Fsp3) is 0.600. The molecule has 3 nitrogen and oxygen atoms in total. The van der Waals surface area contributed by atoms with Crippen LogP contribution >= 0.6 is 0 Å². The highest BCUT2D eigenvalue weighted by Gasteiger charge is 2.47. The summed E-state index contributed by atoms with van der Waals surface area (Å²) in [6.45, 7) is 0. The standard InChI is InChI=1S/C20H24N2O/c23-20(18-11-17(18)14-4-2-1-3-5-14)22-21-19-15-7-12-6-13(9-15)10-16(19)8-12/h1-5,12-13,15-18H,6-11H2,(H,22,23)/t12?,13?,15?,16?,17-,18+/m0/s1. The van der Waals surface area contributed by atoms with Gasteiger partial charge in [0, 0.05) is 11.6 Å². The Hall–Kier alpha value is -1.64. The van der Waals surface area contributed by atoms with Crippen molar-refractivity contribution in [3.63, 3.8) is 0 Å². The van der Waals surface area contributed by atoms with Crippen LogP contribution in [0.15, 0.2) is 35.4 Å². The van der Waals surface area contributed by atoms with E-state index in [1.165, 1.54) is 43.4 Å². The van der Waals surface area contributed by atoms with Gasteiger partial charge in [0.2, 0.25) is 5.91 Å². The number of carbonyl (C=O) groups is 1. The largest absolute Gasteiger partial charge is 0.273 e. The monoisotopic (exact) mass is 308 g/mol. The zero-order valence-electron chi connectivity index (χ0n) is 13.4. The maximum absolute atomic E-state index is 12.4. The first-order valence-corrected chi connectivity index (χ1v) is 9.20. The van der Waals surface area contributed by atoms with Gasteiger partial charge in [0.1, 0.15) is 0 Å². The summed E-state index contributed by atoms with van der Waals surface area (Å²) in [5, 5.41) is 4.63. The highest BCUT2D eigenvalue weighted by molar-refractivity contribution is 5.92. The third kappa shape index (κ3) is 2.41. The predicted molar refractivity (Wildman–Crippen MR) is 89.9 cm³/mol. The molecule has 1 N–H and O–H groups in total. The second kappa shape index (κ2) is 5.19. The molecule has 0 unspecified atom stereocenters. The maximum atomic E-state index is 12.4. The summed E-state index contributed by atoms with van der Waals surface area (Å²) in [6, 6.07) is 10.4. The fourth-order valence-electron chi connectivity index (χ4n) is 5.61. The Morgan fingerprint density at radius 1 is 0.913 bits per heavy atom. The van der Waals surface area contributed by atoms with E-state index in [1.807, 2.05) is 6.07 Å². The Bertz CT molecular complexity index is 621. The normalized spacial score (nSPS) is 40.1. The molecule has 0 heterocycles. The summed E-state index contributed by atoms with van der Waals surface area (Å²) < 4.78 is 0. The molecule has 5 aliphatic carbocycles. The van der Waals surface area contributed by atoms with E-state index in [4.69, 9.17) is 0 Å². The molecule has 2 atom stereocenters. The van der Waals surface area contributed by atoms with Crippen LogP contribution in [-0.4, -0.2) is 11.6 Å². The van der Waals surface area contributed by atoms with Gasteiger partial charge in [-0.05, 0) is 73.7 Å². The van der Waals surface area contributed by atoms with Crippen molar-refractivity contribution in [2.24, 2.45) is 34.7 Å². The Morgan fingerprint density at radius 3 is 2.22 bits per heavy atom. The molecule has 0 radical (unpaired) electrons. The van der Waals surface area contributed by atoms with Crippen LogP contribution in [0.25, 0.3) is 0 Å². The lowest BCUT2D eigenvalue weighted by atomic mass is 9.55. The molecular weight excluding hydrogens is 284 g/mol. The maximum Gasteiger partial charge on any atom is 0.243 e. The van der Waals surface area contributed by atoms with Crippen LogP contribution in [0, 0.1) is 29.6 Å². The molecule has 1 aromatic carbocycles. The van der Waals surface area contributed by atoms with E-state index in [0.29, 0.717) is 17.8 Å². The molecule has 6 rings (SSSR count). The molecule has 0 aliphatic heterocycles. The van der Waals surface area contributed by atoms with E-state index in [9.17, 15) is 4.79 Å². The molecule has 5 fully saturated rings. The van der Waals surface area contributed by atoms with Crippen molar-refractivity contribution in [3.05, 3.63) is 35.9 Å². The Labute approximate surface area is 137 Å². The fourth-order valence-corrected chi connectivity index (χ4v) is 5.61. The number of hydrogen-bond donors (Lipinski definition) is 1. The van der Waals surface area contributed by atoms with Crippen LogP contribution < -0.4 is 5.43 Å². The molecular formula is C20H24N2O. The molecule has 1 amide bonds. The van der Waals surface area contributed by atoms with Gasteiger partial charge < -0.3 is 0 Å². The van der Waals surface area contributed by atoms with E-state index < -0.39 is 0 Å². The van der Waals surface area contributed by atoms with E-state index in [2.05, 4.69) is 34.8 Å². The molecule has 0 aromatic heterocycles. The summed E-state index contributed by atoms with van der Waals surface area (Å²) in [4.78, 5) is 12.4. The second-order valence-corrected chi connectivity index (χ2v) is 8.18. The van der Waals surface area contributed by atoms with Gasteiger partial charge in [0.05, 0.1) is 0 Å². The van der Waals surface area contributed by atoms with Crippen LogP contribution in [0.3, 0.4) is 0 Å². The SMILES string of the molecule is O=C(NN=C1C2CC3CC(C2)CC1C3)[C@@H]1C[C@H]1c1ccccc1. The number of carbonyl (C=O) groups excluding carboxylic acids is 1. The van der Waals surface area contributed by atoms with Crippen LogP contribution in [0.5, 0.6) is 0 Å². The zero-order chi connectivity index (χ0) is 15.4. The topological polar surface area (TPSA) is 41.5 Å².